The van der Waals surface area contributed by atoms with E-state index >= 15 is 0 Å². The maximum atomic E-state index is 10.2. The lowest BCUT2D eigenvalue weighted by Gasteiger charge is -2.11. The molecular formula is C12H10BrIOS. The van der Waals surface area contributed by atoms with Crippen molar-refractivity contribution in [3.8, 4) is 0 Å². The third-order valence-electron chi connectivity index (χ3n) is 2.28. The Kier molecular flexibility index (Phi) is 4.41. The highest BCUT2D eigenvalue weighted by atomic mass is 127. The van der Waals surface area contributed by atoms with Crippen LogP contribution in [0.1, 0.15) is 16.5 Å². The lowest BCUT2D eigenvalue weighted by Crippen LogP contribution is -2.02. The number of benzene rings is 1. The van der Waals surface area contributed by atoms with Gasteiger partial charge in [-0.05, 0) is 56.2 Å². The van der Waals surface area contributed by atoms with Crippen LogP contribution in [0.3, 0.4) is 0 Å². The summed E-state index contributed by atoms with van der Waals surface area (Å²) in [6, 6.07) is 10.0. The SMILES string of the molecule is OC(Cc1cc(Br)cs1)c1ccccc1I. The monoisotopic (exact) mass is 408 g/mol. The van der Waals surface area contributed by atoms with Gasteiger partial charge in [-0.3, -0.25) is 0 Å². The Bertz CT molecular complexity index is 483. The molecule has 1 heterocycles. The average Bonchev–Trinajstić information content (AvgIpc) is 2.64. The van der Waals surface area contributed by atoms with Crippen LogP contribution in [-0.4, -0.2) is 5.11 Å². The summed E-state index contributed by atoms with van der Waals surface area (Å²) in [5.74, 6) is 0. The number of hydrogen-bond donors (Lipinski definition) is 1. The first-order valence-corrected chi connectivity index (χ1v) is 7.57. The molecule has 0 aliphatic carbocycles. The predicted octanol–water partition coefficient (Wildman–Crippen LogP) is 4.39. The van der Waals surface area contributed by atoms with Crippen LogP contribution in [0.25, 0.3) is 0 Å². The minimum Gasteiger partial charge on any atom is -0.388 e. The van der Waals surface area contributed by atoms with E-state index in [1.54, 1.807) is 11.3 Å². The second kappa shape index (κ2) is 5.62. The second-order valence-electron chi connectivity index (χ2n) is 3.47. The van der Waals surface area contributed by atoms with Crippen LogP contribution < -0.4 is 0 Å². The minimum absolute atomic E-state index is 0.418. The molecule has 84 valence electrons. The summed E-state index contributed by atoms with van der Waals surface area (Å²) in [4.78, 5) is 1.19. The van der Waals surface area contributed by atoms with Crippen LogP contribution in [-0.2, 0) is 6.42 Å². The molecule has 0 amide bonds. The van der Waals surface area contributed by atoms with E-state index in [4.69, 9.17) is 0 Å². The van der Waals surface area contributed by atoms with E-state index in [0.717, 1.165) is 13.6 Å². The quantitative estimate of drug-likeness (QED) is 0.746. The standard InChI is InChI=1S/C12H10BrIOS/c13-8-5-9(16-7-8)6-12(15)10-3-1-2-4-11(10)14/h1-5,7,12,15H,6H2. The molecule has 0 bridgehead atoms. The van der Waals surface area contributed by atoms with Crippen LogP contribution in [0.4, 0.5) is 0 Å². The maximum Gasteiger partial charge on any atom is 0.0848 e. The molecule has 1 nitrogen and oxygen atoms in total. The van der Waals surface area contributed by atoms with Crippen molar-refractivity contribution in [2.45, 2.75) is 12.5 Å². The fourth-order valence-electron chi connectivity index (χ4n) is 1.51. The zero-order chi connectivity index (χ0) is 11.5. The molecule has 1 N–H and O–H groups in total. The van der Waals surface area contributed by atoms with Gasteiger partial charge in [0.2, 0.25) is 0 Å². The van der Waals surface area contributed by atoms with Crippen molar-refractivity contribution in [3.63, 3.8) is 0 Å². The molecule has 0 aliphatic heterocycles. The molecule has 1 unspecified atom stereocenters. The normalized spacial score (nSPS) is 12.7. The highest BCUT2D eigenvalue weighted by Gasteiger charge is 2.12. The Balaban J connectivity index is 2.14. The third kappa shape index (κ3) is 3.06. The molecule has 1 aromatic carbocycles. The van der Waals surface area contributed by atoms with E-state index in [1.807, 2.05) is 29.6 Å². The van der Waals surface area contributed by atoms with E-state index < -0.39 is 6.10 Å². The number of thiophene rings is 1. The average molecular weight is 409 g/mol. The number of aliphatic hydroxyl groups is 1. The van der Waals surface area contributed by atoms with Gasteiger partial charge in [0.1, 0.15) is 0 Å². The van der Waals surface area contributed by atoms with Gasteiger partial charge in [0, 0.05) is 24.7 Å². The van der Waals surface area contributed by atoms with Gasteiger partial charge < -0.3 is 5.11 Å². The van der Waals surface area contributed by atoms with E-state index in [-0.39, 0.29) is 0 Å². The van der Waals surface area contributed by atoms with Crippen LogP contribution in [0.5, 0.6) is 0 Å². The van der Waals surface area contributed by atoms with Gasteiger partial charge in [0.05, 0.1) is 6.10 Å². The Hall–Kier alpha value is 0.0900. The summed E-state index contributed by atoms with van der Waals surface area (Å²) in [7, 11) is 0. The fourth-order valence-corrected chi connectivity index (χ4v) is 3.74. The molecule has 0 spiro atoms. The fraction of sp³-hybridized carbons (Fsp3) is 0.167. The van der Waals surface area contributed by atoms with Crippen molar-refractivity contribution in [2.75, 3.05) is 0 Å². The lowest BCUT2D eigenvalue weighted by atomic mass is 10.1. The van der Waals surface area contributed by atoms with Gasteiger partial charge in [-0.15, -0.1) is 11.3 Å². The molecule has 4 heteroatoms. The van der Waals surface area contributed by atoms with E-state index in [2.05, 4.69) is 44.6 Å². The van der Waals surface area contributed by atoms with Gasteiger partial charge in [-0.2, -0.15) is 0 Å². The summed E-state index contributed by atoms with van der Waals surface area (Å²) >= 11 is 7.35. The Morgan fingerprint density at radius 3 is 2.75 bits per heavy atom. The first-order chi connectivity index (χ1) is 7.66. The van der Waals surface area contributed by atoms with Crippen molar-refractivity contribution in [2.24, 2.45) is 0 Å². The summed E-state index contributed by atoms with van der Waals surface area (Å²) in [5.41, 5.74) is 1.01. The largest absolute Gasteiger partial charge is 0.388 e. The molecule has 0 fully saturated rings. The molecule has 0 aliphatic rings. The Labute approximate surface area is 121 Å². The van der Waals surface area contributed by atoms with Crippen molar-refractivity contribution < 1.29 is 5.11 Å². The summed E-state index contributed by atoms with van der Waals surface area (Å²) in [5, 5.41) is 12.2. The minimum atomic E-state index is -0.418. The molecular weight excluding hydrogens is 399 g/mol. The predicted molar refractivity (Wildman–Crippen MR) is 79.8 cm³/mol. The summed E-state index contributed by atoms with van der Waals surface area (Å²) in [6.45, 7) is 0. The zero-order valence-corrected chi connectivity index (χ0v) is 12.9. The summed E-state index contributed by atoms with van der Waals surface area (Å²) in [6.07, 6.45) is 0.259. The number of rotatable bonds is 3. The van der Waals surface area contributed by atoms with E-state index in [0.29, 0.717) is 6.42 Å². The number of aliphatic hydroxyl groups excluding tert-OH is 1. The van der Waals surface area contributed by atoms with Crippen LogP contribution >= 0.6 is 49.9 Å². The highest BCUT2D eigenvalue weighted by Crippen LogP contribution is 2.27. The van der Waals surface area contributed by atoms with Crippen molar-refractivity contribution >= 4 is 49.9 Å². The van der Waals surface area contributed by atoms with Gasteiger partial charge >= 0.3 is 0 Å². The number of halogens is 2. The lowest BCUT2D eigenvalue weighted by molar-refractivity contribution is 0.178. The van der Waals surface area contributed by atoms with Crippen molar-refractivity contribution in [1.29, 1.82) is 0 Å². The van der Waals surface area contributed by atoms with Crippen molar-refractivity contribution in [1.82, 2.24) is 0 Å². The second-order valence-corrected chi connectivity index (χ2v) is 6.55. The van der Waals surface area contributed by atoms with Crippen LogP contribution in [0.2, 0.25) is 0 Å². The molecule has 1 atom stereocenters. The zero-order valence-electron chi connectivity index (χ0n) is 8.36. The highest BCUT2D eigenvalue weighted by molar-refractivity contribution is 14.1. The van der Waals surface area contributed by atoms with E-state index in [1.165, 1.54) is 4.88 Å². The van der Waals surface area contributed by atoms with Gasteiger partial charge in [0.15, 0.2) is 0 Å². The molecule has 16 heavy (non-hydrogen) atoms. The molecule has 0 saturated heterocycles. The van der Waals surface area contributed by atoms with Crippen LogP contribution in [0.15, 0.2) is 40.2 Å². The smallest absolute Gasteiger partial charge is 0.0848 e. The molecule has 0 saturated carbocycles. The topological polar surface area (TPSA) is 20.2 Å². The maximum absolute atomic E-state index is 10.2. The number of hydrogen-bond acceptors (Lipinski definition) is 2. The van der Waals surface area contributed by atoms with E-state index in [9.17, 15) is 5.11 Å². The molecule has 0 radical (unpaired) electrons. The molecule has 2 rings (SSSR count). The first kappa shape index (κ1) is 12.5. The molecule has 1 aromatic heterocycles. The molecule has 2 aromatic rings. The first-order valence-electron chi connectivity index (χ1n) is 4.82. The summed E-state index contributed by atoms with van der Waals surface area (Å²) < 4.78 is 2.20. The Morgan fingerprint density at radius 1 is 1.38 bits per heavy atom. The third-order valence-corrected chi connectivity index (χ3v) is 4.98. The van der Waals surface area contributed by atoms with Crippen molar-refractivity contribution in [3.05, 3.63) is 54.2 Å². The van der Waals surface area contributed by atoms with Gasteiger partial charge in [-0.25, -0.2) is 0 Å². The van der Waals surface area contributed by atoms with Gasteiger partial charge in [-0.1, -0.05) is 18.2 Å². The van der Waals surface area contributed by atoms with Gasteiger partial charge in [0.25, 0.3) is 0 Å². The Morgan fingerprint density at radius 2 is 2.12 bits per heavy atom. The van der Waals surface area contributed by atoms with Crippen LogP contribution in [0, 0.1) is 3.57 Å².